The maximum atomic E-state index is 11.6. The summed E-state index contributed by atoms with van der Waals surface area (Å²) < 4.78 is 32.7. The first-order valence-corrected chi connectivity index (χ1v) is 9.38. The molecule has 0 aliphatic rings. The molecule has 2 aromatic carbocycles. The van der Waals surface area contributed by atoms with Crippen molar-refractivity contribution in [3.63, 3.8) is 0 Å². The molecule has 0 fully saturated rings. The second-order valence-electron chi connectivity index (χ2n) is 4.86. The molecule has 0 aliphatic heterocycles. The lowest BCUT2D eigenvalue weighted by atomic mass is 10.1. The predicted octanol–water partition coefficient (Wildman–Crippen LogP) is 2.91. The fourth-order valence-electron chi connectivity index (χ4n) is 2.17. The van der Waals surface area contributed by atoms with E-state index >= 15 is 0 Å². The average Bonchev–Trinajstić information content (AvgIpc) is 2.46. The Kier molecular flexibility index (Phi) is 5.51. The van der Waals surface area contributed by atoms with E-state index in [4.69, 9.17) is 0 Å². The van der Waals surface area contributed by atoms with Crippen molar-refractivity contribution in [3.8, 4) is 0 Å². The number of hydrogen-bond acceptors (Lipinski definition) is 2. The van der Waals surface area contributed by atoms with E-state index in [1.165, 1.54) is 6.07 Å². The summed E-state index contributed by atoms with van der Waals surface area (Å²) in [4.78, 5) is 0.0401. The van der Waals surface area contributed by atoms with Crippen LogP contribution in [0.15, 0.2) is 53.4 Å². The Labute approximate surface area is 127 Å². The summed E-state index contributed by atoms with van der Waals surface area (Å²) in [5.74, 6) is 0. The van der Waals surface area contributed by atoms with Crippen LogP contribution < -0.4 is 10.6 Å². The van der Waals surface area contributed by atoms with Crippen LogP contribution in [-0.2, 0) is 16.5 Å². The highest BCUT2D eigenvalue weighted by Crippen LogP contribution is 2.21. The zero-order valence-corrected chi connectivity index (χ0v) is 13.7. The summed E-state index contributed by atoms with van der Waals surface area (Å²) in [6.45, 7) is 2.10. The molecule has 0 aromatic heterocycles. The average molecular weight is 322 g/mol. The third-order valence-corrected chi connectivity index (χ3v) is 5.77. The van der Waals surface area contributed by atoms with Crippen LogP contribution in [-0.4, -0.2) is 13.0 Å². The topological polar surface area (TPSA) is 54.4 Å². The first-order valence-electron chi connectivity index (χ1n) is 6.94. The van der Waals surface area contributed by atoms with Gasteiger partial charge < -0.3 is 0 Å². The molecule has 0 amide bonds. The first-order chi connectivity index (χ1) is 10.0. The van der Waals surface area contributed by atoms with E-state index in [9.17, 15) is 13.0 Å². The lowest BCUT2D eigenvalue weighted by molar-refractivity contribution is 0.484. The molecule has 2 aromatic rings. The highest BCUT2D eigenvalue weighted by atomic mass is 32.2. The highest BCUT2D eigenvalue weighted by Gasteiger charge is 2.18. The van der Waals surface area contributed by atoms with Crippen LogP contribution in [0.1, 0.15) is 25.3 Å². The smallest absolute Gasteiger partial charge is 0.282 e. The molecule has 0 saturated heterocycles. The minimum Gasteiger partial charge on any atom is -0.282 e. The fourth-order valence-corrected chi connectivity index (χ4v) is 4.58. The summed E-state index contributed by atoms with van der Waals surface area (Å²) in [6.07, 6.45) is 2.88. The molecule has 0 aliphatic carbocycles. The Balaban J connectivity index is 2.48. The molecule has 21 heavy (non-hydrogen) atoms. The van der Waals surface area contributed by atoms with Crippen molar-refractivity contribution in [2.45, 2.75) is 31.1 Å². The van der Waals surface area contributed by atoms with Gasteiger partial charge in [0.25, 0.3) is 10.1 Å². The Morgan fingerprint density at radius 3 is 2.38 bits per heavy atom. The molecule has 1 atom stereocenters. The van der Waals surface area contributed by atoms with Gasteiger partial charge in [0.05, 0.1) is 0 Å². The Hall–Kier alpha value is -1.22. The van der Waals surface area contributed by atoms with Crippen LogP contribution in [0.3, 0.4) is 0 Å². The molecule has 0 saturated carbocycles. The van der Waals surface area contributed by atoms with E-state index in [0.29, 0.717) is 0 Å². The van der Waals surface area contributed by atoms with Gasteiger partial charge in [0.15, 0.2) is 0 Å². The summed E-state index contributed by atoms with van der Waals surface area (Å²) >= 11 is 0. The molecule has 2 rings (SSSR count). The zero-order valence-electron chi connectivity index (χ0n) is 11.9. The number of aryl methyl sites for hydroxylation is 1. The molecule has 3 nitrogen and oxygen atoms in total. The van der Waals surface area contributed by atoms with Crippen LogP contribution >= 0.6 is 8.58 Å². The molecule has 5 heteroatoms. The highest BCUT2D eigenvalue weighted by molar-refractivity contribution is 7.86. The SMILES string of the molecule is CCCCc1cccc(S(=O)(=O)O)c1Pc1ccccc1. The number of unbranched alkanes of at least 4 members (excludes halogenated alkanes) is 1. The van der Waals surface area contributed by atoms with Crippen LogP contribution in [0, 0.1) is 0 Å². The lowest BCUT2D eigenvalue weighted by Crippen LogP contribution is -2.18. The second-order valence-corrected chi connectivity index (χ2v) is 7.58. The van der Waals surface area contributed by atoms with Crippen molar-refractivity contribution in [1.82, 2.24) is 0 Å². The van der Waals surface area contributed by atoms with Crippen molar-refractivity contribution in [2.75, 3.05) is 0 Å². The van der Waals surface area contributed by atoms with Gasteiger partial charge in [-0.15, -0.1) is 0 Å². The Morgan fingerprint density at radius 2 is 1.76 bits per heavy atom. The zero-order chi connectivity index (χ0) is 15.3. The summed E-state index contributed by atoms with van der Waals surface area (Å²) in [6, 6.07) is 14.9. The van der Waals surface area contributed by atoms with E-state index in [1.54, 1.807) is 6.07 Å². The van der Waals surface area contributed by atoms with Gasteiger partial charge in [-0.1, -0.05) is 64.4 Å². The third kappa shape index (κ3) is 4.37. The van der Waals surface area contributed by atoms with E-state index in [1.807, 2.05) is 36.4 Å². The summed E-state index contributed by atoms with van der Waals surface area (Å²) in [5, 5.41) is 1.80. The quantitative estimate of drug-likeness (QED) is 0.657. The van der Waals surface area contributed by atoms with E-state index in [0.717, 1.165) is 35.4 Å². The normalized spacial score (nSPS) is 12.1. The van der Waals surface area contributed by atoms with Crippen molar-refractivity contribution in [2.24, 2.45) is 0 Å². The molecular formula is C16H19O3PS. The van der Waals surface area contributed by atoms with Crippen molar-refractivity contribution >= 4 is 29.3 Å². The largest absolute Gasteiger partial charge is 0.295 e. The number of hydrogen-bond donors (Lipinski definition) is 1. The fraction of sp³-hybridized carbons (Fsp3) is 0.250. The Bertz CT molecular complexity index is 697. The van der Waals surface area contributed by atoms with Gasteiger partial charge in [0.1, 0.15) is 4.90 Å². The van der Waals surface area contributed by atoms with Gasteiger partial charge in [0, 0.05) is 5.30 Å². The van der Waals surface area contributed by atoms with Crippen LogP contribution in [0.25, 0.3) is 0 Å². The van der Waals surface area contributed by atoms with Gasteiger partial charge in [-0.25, -0.2) is 0 Å². The molecule has 0 heterocycles. The van der Waals surface area contributed by atoms with Gasteiger partial charge in [-0.05, 0) is 29.8 Å². The monoisotopic (exact) mass is 322 g/mol. The molecule has 1 unspecified atom stereocenters. The lowest BCUT2D eigenvalue weighted by Gasteiger charge is -2.13. The van der Waals surface area contributed by atoms with E-state index in [2.05, 4.69) is 6.92 Å². The van der Waals surface area contributed by atoms with Gasteiger partial charge in [-0.2, -0.15) is 8.42 Å². The second kappa shape index (κ2) is 7.17. The predicted molar refractivity (Wildman–Crippen MR) is 88.9 cm³/mol. The van der Waals surface area contributed by atoms with Crippen LogP contribution in [0.5, 0.6) is 0 Å². The van der Waals surface area contributed by atoms with E-state index < -0.39 is 10.1 Å². The summed E-state index contributed by atoms with van der Waals surface area (Å²) in [5.41, 5.74) is 1.01. The maximum Gasteiger partial charge on any atom is 0.295 e. The first kappa shape index (κ1) is 16.2. The Morgan fingerprint density at radius 1 is 1.05 bits per heavy atom. The third-order valence-electron chi connectivity index (χ3n) is 3.23. The van der Waals surface area contributed by atoms with Crippen LogP contribution in [0.2, 0.25) is 0 Å². The van der Waals surface area contributed by atoms with Gasteiger partial charge in [-0.3, -0.25) is 4.55 Å². The molecule has 0 bridgehead atoms. The van der Waals surface area contributed by atoms with Gasteiger partial charge >= 0.3 is 0 Å². The molecule has 1 N–H and O–H groups in total. The van der Waals surface area contributed by atoms with Crippen molar-refractivity contribution in [3.05, 3.63) is 54.1 Å². The minimum absolute atomic E-state index is 0.0401. The minimum atomic E-state index is -4.19. The summed E-state index contributed by atoms with van der Waals surface area (Å²) in [7, 11) is -3.97. The van der Waals surface area contributed by atoms with Crippen molar-refractivity contribution in [1.29, 1.82) is 0 Å². The van der Waals surface area contributed by atoms with Gasteiger partial charge in [0.2, 0.25) is 0 Å². The molecular weight excluding hydrogens is 303 g/mol. The van der Waals surface area contributed by atoms with E-state index in [-0.39, 0.29) is 13.5 Å². The molecule has 0 radical (unpaired) electrons. The van der Waals surface area contributed by atoms with Crippen molar-refractivity contribution < 1.29 is 13.0 Å². The van der Waals surface area contributed by atoms with Crippen LogP contribution in [0.4, 0.5) is 0 Å². The number of benzene rings is 2. The number of rotatable bonds is 6. The standard InChI is InChI=1S/C16H19O3PS/c1-2-3-8-13-9-7-12-15(21(17,18)19)16(13)20-14-10-5-4-6-11-14/h4-7,9-12,20H,2-3,8H2,1H3,(H,17,18,19). The maximum absolute atomic E-state index is 11.6. The molecule has 0 spiro atoms. The molecule has 112 valence electrons.